The number of halogens is 3. The monoisotopic (exact) mass is 338 g/mol. The summed E-state index contributed by atoms with van der Waals surface area (Å²) < 4.78 is 49.9. The first-order valence-electron chi connectivity index (χ1n) is 7.71. The molecule has 1 fully saturated rings. The van der Waals surface area contributed by atoms with Crippen LogP contribution in [0.4, 0.5) is 13.2 Å². The second-order valence-electron chi connectivity index (χ2n) is 6.39. The molecule has 4 atom stereocenters. The Morgan fingerprint density at radius 3 is 2.48 bits per heavy atom. The first-order valence-corrected chi connectivity index (χ1v) is 7.71. The van der Waals surface area contributed by atoms with E-state index in [-0.39, 0.29) is 5.57 Å². The van der Waals surface area contributed by atoms with Gasteiger partial charge in [0, 0.05) is 5.57 Å². The number of carbonyl (C=O) groups excluding carboxylic acids is 1. The minimum atomic E-state index is -4.82. The van der Waals surface area contributed by atoms with Gasteiger partial charge in [-0.15, -0.1) is 0 Å². The normalized spacial score (nSPS) is 29.0. The highest BCUT2D eigenvalue weighted by molar-refractivity contribution is 5.87. The molecule has 0 aromatic carbocycles. The zero-order valence-electron chi connectivity index (χ0n) is 14.0. The van der Waals surface area contributed by atoms with Gasteiger partial charge in [-0.3, -0.25) is 0 Å². The molecule has 0 amide bonds. The molecule has 4 unspecified atom stereocenters. The zero-order chi connectivity index (χ0) is 18.1. The van der Waals surface area contributed by atoms with Crippen molar-refractivity contribution in [3.63, 3.8) is 0 Å². The molecule has 1 saturated carbocycles. The Balaban J connectivity index is 2.96. The fourth-order valence-electron chi connectivity index (χ4n) is 2.73. The van der Waals surface area contributed by atoms with E-state index in [1.54, 1.807) is 6.92 Å². The highest BCUT2D eigenvalue weighted by atomic mass is 19.4. The number of alkyl halides is 3. The van der Waals surface area contributed by atoms with E-state index < -0.39 is 35.6 Å². The fourth-order valence-corrected chi connectivity index (χ4v) is 2.73. The largest absolute Gasteiger partial charge is 0.456 e. The van der Waals surface area contributed by atoms with E-state index >= 15 is 0 Å². The van der Waals surface area contributed by atoms with Gasteiger partial charge in [0.1, 0.15) is 11.7 Å². The second kappa shape index (κ2) is 6.81. The minimum absolute atomic E-state index is 0.220. The number of hydrogen-bond acceptors (Lipinski definition) is 4. The lowest BCUT2D eigenvalue weighted by Crippen LogP contribution is -2.56. The third-order valence-electron chi connectivity index (χ3n) is 4.63. The molecule has 0 bridgehead atoms. The van der Waals surface area contributed by atoms with Crippen molar-refractivity contribution in [1.29, 1.82) is 0 Å². The SMILES string of the molecule is C=C(C)C(=O)OC1CCCC1(CC)OC(C)C(C)(O)C(F)(F)F. The number of aliphatic hydroxyl groups is 1. The average molecular weight is 338 g/mol. The van der Waals surface area contributed by atoms with Crippen molar-refractivity contribution in [1.82, 2.24) is 0 Å². The maximum Gasteiger partial charge on any atom is 0.419 e. The lowest BCUT2D eigenvalue weighted by atomic mass is 9.93. The van der Waals surface area contributed by atoms with Gasteiger partial charge in [0.25, 0.3) is 0 Å². The molecule has 0 aromatic rings. The third-order valence-corrected chi connectivity index (χ3v) is 4.63. The summed E-state index contributed by atoms with van der Waals surface area (Å²) >= 11 is 0. The first kappa shape index (κ1) is 20.0. The van der Waals surface area contributed by atoms with Crippen LogP contribution in [-0.2, 0) is 14.3 Å². The van der Waals surface area contributed by atoms with Crippen LogP contribution in [-0.4, -0.2) is 40.7 Å². The van der Waals surface area contributed by atoms with Crippen LogP contribution < -0.4 is 0 Å². The van der Waals surface area contributed by atoms with Crippen molar-refractivity contribution >= 4 is 5.97 Å². The summed E-state index contributed by atoms with van der Waals surface area (Å²) in [7, 11) is 0. The van der Waals surface area contributed by atoms with E-state index in [1.165, 1.54) is 13.8 Å². The van der Waals surface area contributed by atoms with Crippen LogP contribution in [0.5, 0.6) is 0 Å². The topological polar surface area (TPSA) is 55.8 Å². The number of ether oxygens (including phenoxy) is 2. The molecule has 134 valence electrons. The van der Waals surface area contributed by atoms with Gasteiger partial charge in [-0.2, -0.15) is 13.2 Å². The van der Waals surface area contributed by atoms with Gasteiger partial charge in [-0.25, -0.2) is 4.79 Å². The van der Waals surface area contributed by atoms with E-state index in [2.05, 4.69) is 6.58 Å². The van der Waals surface area contributed by atoms with Gasteiger partial charge in [-0.1, -0.05) is 13.5 Å². The van der Waals surface area contributed by atoms with Crippen LogP contribution in [0, 0.1) is 0 Å². The molecule has 0 aliphatic heterocycles. The Bertz CT molecular complexity index is 459. The summed E-state index contributed by atoms with van der Waals surface area (Å²) in [6.07, 6.45) is -4.94. The standard InChI is InChI=1S/C16H25F3O4/c1-6-15(23-11(4)14(5,21)16(17,18)19)9-7-8-12(15)22-13(20)10(2)3/h11-12,21H,2,6-9H2,1,3-5H3. The number of rotatable bonds is 6. The molecule has 0 heterocycles. The Hall–Kier alpha value is -1.08. The summed E-state index contributed by atoms with van der Waals surface area (Å²) in [5, 5.41) is 9.77. The van der Waals surface area contributed by atoms with Gasteiger partial charge in [0.2, 0.25) is 0 Å². The molecule has 0 aromatic heterocycles. The van der Waals surface area contributed by atoms with Crippen molar-refractivity contribution in [2.75, 3.05) is 0 Å². The zero-order valence-corrected chi connectivity index (χ0v) is 14.0. The molecule has 0 saturated heterocycles. The van der Waals surface area contributed by atoms with Crippen LogP contribution in [0.1, 0.15) is 53.4 Å². The molecule has 1 aliphatic carbocycles. The van der Waals surface area contributed by atoms with Crippen molar-refractivity contribution in [2.24, 2.45) is 0 Å². The maximum absolute atomic E-state index is 13.0. The predicted molar refractivity (Wildman–Crippen MR) is 78.8 cm³/mol. The van der Waals surface area contributed by atoms with Crippen LogP contribution in [0.3, 0.4) is 0 Å². The van der Waals surface area contributed by atoms with E-state index in [4.69, 9.17) is 9.47 Å². The molecule has 1 N–H and O–H groups in total. The predicted octanol–water partition coefficient (Wildman–Crippen LogP) is 3.53. The van der Waals surface area contributed by atoms with Gasteiger partial charge >= 0.3 is 12.1 Å². The van der Waals surface area contributed by atoms with E-state index in [0.717, 1.165) is 0 Å². The molecular weight excluding hydrogens is 313 g/mol. The number of hydrogen-bond donors (Lipinski definition) is 1. The second-order valence-corrected chi connectivity index (χ2v) is 6.39. The van der Waals surface area contributed by atoms with Gasteiger partial charge in [0.05, 0.1) is 6.10 Å². The molecule has 1 aliphatic rings. The molecule has 0 spiro atoms. The third kappa shape index (κ3) is 4.07. The van der Waals surface area contributed by atoms with Crippen molar-refractivity contribution in [2.45, 2.75) is 83.0 Å². The molecule has 4 nitrogen and oxygen atoms in total. The van der Waals surface area contributed by atoms with Crippen LogP contribution in [0.2, 0.25) is 0 Å². The van der Waals surface area contributed by atoms with Crippen LogP contribution in [0.25, 0.3) is 0 Å². The number of carbonyl (C=O) groups is 1. The van der Waals surface area contributed by atoms with Crippen molar-refractivity contribution in [3.8, 4) is 0 Å². The molecule has 7 heteroatoms. The highest BCUT2D eigenvalue weighted by Gasteiger charge is 2.57. The van der Waals surface area contributed by atoms with Gasteiger partial charge in [-0.05, 0) is 46.5 Å². The van der Waals surface area contributed by atoms with E-state index in [1.807, 2.05) is 0 Å². The average Bonchev–Trinajstić information content (AvgIpc) is 2.80. The molecule has 0 radical (unpaired) electrons. The summed E-state index contributed by atoms with van der Waals surface area (Å²) in [6, 6.07) is 0. The lowest BCUT2D eigenvalue weighted by Gasteiger charge is -2.41. The van der Waals surface area contributed by atoms with Gasteiger partial charge < -0.3 is 14.6 Å². The smallest absolute Gasteiger partial charge is 0.419 e. The van der Waals surface area contributed by atoms with Crippen molar-refractivity contribution < 1.29 is 32.5 Å². The fraction of sp³-hybridized carbons (Fsp3) is 0.812. The minimum Gasteiger partial charge on any atom is -0.456 e. The highest BCUT2D eigenvalue weighted by Crippen LogP contribution is 2.43. The molecule has 1 rings (SSSR count). The number of esters is 1. The summed E-state index contributed by atoms with van der Waals surface area (Å²) in [5.41, 5.74) is -3.79. The Morgan fingerprint density at radius 2 is 2.04 bits per heavy atom. The molecular formula is C16H25F3O4. The van der Waals surface area contributed by atoms with Crippen LogP contribution >= 0.6 is 0 Å². The summed E-state index contributed by atoms with van der Waals surface area (Å²) in [6.45, 7) is 8.63. The quantitative estimate of drug-likeness (QED) is 0.595. The Kier molecular flexibility index (Phi) is 5.91. The van der Waals surface area contributed by atoms with Gasteiger partial charge in [0.15, 0.2) is 5.60 Å². The van der Waals surface area contributed by atoms with Crippen molar-refractivity contribution in [3.05, 3.63) is 12.2 Å². The summed E-state index contributed by atoms with van der Waals surface area (Å²) in [5.74, 6) is -0.589. The Labute approximate surface area is 134 Å². The van der Waals surface area contributed by atoms with E-state index in [0.29, 0.717) is 32.6 Å². The van der Waals surface area contributed by atoms with Crippen LogP contribution in [0.15, 0.2) is 12.2 Å². The molecule has 23 heavy (non-hydrogen) atoms. The first-order chi connectivity index (χ1) is 10.4. The maximum atomic E-state index is 13.0. The lowest BCUT2D eigenvalue weighted by molar-refractivity contribution is -0.304. The van der Waals surface area contributed by atoms with E-state index in [9.17, 15) is 23.1 Å². The Morgan fingerprint density at radius 1 is 1.48 bits per heavy atom. The summed E-state index contributed by atoms with van der Waals surface area (Å²) in [4.78, 5) is 11.7.